The van der Waals surface area contributed by atoms with Gasteiger partial charge in [0.05, 0.1) is 0 Å². The Bertz CT molecular complexity index is 705. The Morgan fingerprint density at radius 3 is 2.29 bits per heavy atom. The van der Waals surface area contributed by atoms with E-state index in [9.17, 15) is 9.18 Å². The van der Waals surface area contributed by atoms with Gasteiger partial charge in [-0.15, -0.1) is 0 Å². The van der Waals surface area contributed by atoms with Gasteiger partial charge in [-0.25, -0.2) is 9.18 Å². The quantitative estimate of drug-likeness (QED) is 0.851. The minimum absolute atomic E-state index is 0.300. The fraction of sp³-hybridized carbons (Fsp3) is 0.118. The Labute approximate surface area is 122 Å². The first-order valence-corrected chi connectivity index (χ1v) is 6.41. The van der Waals surface area contributed by atoms with E-state index in [-0.39, 0.29) is 5.82 Å². The maximum absolute atomic E-state index is 13.1. The average Bonchev–Trinajstić information content (AvgIpc) is 2.42. The van der Waals surface area contributed by atoms with Crippen molar-refractivity contribution >= 4 is 12.0 Å². The number of carbonyl (C=O) groups is 1. The summed E-state index contributed by atoms with van der Waals surface area (Å²) >= 11 is 0. The smallest absolute Gasteiger partial charge is 0.328 e. The molecule has 3 nitrogen and oxygen atoms in total. The van der Waals surface area contributed by atoms with Crippen molar-refractivity contribution in [2.75, 3.05) is 0 Å². The highest BCUT2D eigenvalue weighted by Crippen LogP contribution is 2.28. The summed E-state index contributed by atoms with van der Waals surface area (Å²) in [6, 6.07) is 9.70. The van der Waals surface area contributed by atoms with Gasteiger partial charge in [0, 0.05) is 6.08 Å². The van der Waals surface area contributed by atoms with E-state index in [1.807, 2.05) is 13.0 Å². The van der Waals surface area contributed by atoms with E-state index in [0.717, 1.165) is 17.2 Å². The molecule has 0 aromatic heterocycles. The second-order valence-electron chi connectivity index (χ2n) is 4.71. The molecule has 0 aliphatic heterocycles. The van der Waals surface area contributed by atoms with Crippen LogP contribution in [0.15, 0.2) is 42.5 Å². The predicted octanol–water partition coefficient (Wildman–Crippen LogP) is 4.33. The van der Waals surface area contributed by atoms with Crippen molar-refractivity contribution < 1.29 is 19.0 Å². The van der Waals surface area contributed by atoms with Crippen LogP contribution >= 0.6 is 0 Å². The molecule has 0 heterocycles. The van der Waals surface area contributed by atoms with Gasteiger partial charge in [-0.3, -0.25) is 0 Å². The van der Waals surface area contributed by atoms with Crippen LogP contribution in [0.4, 0.5) is 4.39 Å². The van der Waals surface area contributed by atoms with Crippen molar-refractivity contribution in [3.8, 4) is 11.5 Å². The molecule has 0 fully saturated rings. The SMILES string of the molecule is Cc1cc(F)ccc1Oc1ccc(/C=C/C(=O)O)cc1C. The van der Waals surface area contributed by atoms with Crippen LogP contribution < -0.4 is 4.74 Å². The molecule has 0 aliphatic rings. The minimum atomic E-state index is -0.991. The monoisotopic (exact) mass is 286 g/mol. The molecule has 2 aromatic rings. The number of rotatable bonds is 4. The summed E-state index contributed by atoms with van der Waals surface area (Å²) < 4.78 is 18.8. The molecule has 0 unspecified atom stereocenters. The van der Waals surface area contributed by atoms with Crippen LogP contribution in [-0.2, 0) is 4.79 Å². The molecule has 0 spiro atoms. The Morgan fingerprint density at radius 2 is 1.71 bits per heavy atom. The number of hydrogen-bond acceptors (Lipinski definition) is 2. The number of ether oxygens (including phenoxy) is 1. The number of aryl methyl sites for hydroxylation is 2. The van der Waals surface area contributed by atoms with Crippen LogP contribution in [0.25, 0.3) is 6.08 Å². The number of benzene rings is 2. The highest BCUT2D eigenvalue weighted by atomic mass is 19.1. The van der Waals surface area contributed by atoms with E-state index in [1.54, 1.807) is 25.1 Å². The zero-order valence-electron chi connectivity index (χ0n) is 11.8. The molecule has 2 aromatic carbocycles. The molecular weight excluding hydrogens is 271 g/mol. The first kappa shape index (κ1) is 14.8. The molecular formula is C17H15FO3. The van der Waals surface area contributed by atoms with E-state index < -0.39 is 5.97 Å². The molecule has 108 valence electrons. The Morgan fingerprint density at radius 1 is 1.10 bits per heavy atom. The van der Waals surface area contributed by atoms with Crippen molar-refractivity contribution in [3.05, 3.63) is 65.0 Å². The largest absolute Gasteiger partial charge is 0.478 e. The summed E-state index contributed by atoms with van der Waals surface area (Å²) in [6.45, 7) is 3.64. The average molecular weight is 286 g/mol. The summed E-state index contributed by atoms with van der Waals surface area (Å²) in [5.74, 6) is -0.0499. The van der Waals surface area contributed by atoms with Gasteiger partial charge >= 0.3 is 5.97 Å². The van der Waals surface area contributed by atoms with Gasteiger partial charge in [0.1, 0.15) is 17.3 Å². The normalized spacial score (nSPS) is 10.8. The molecule has 0 aliphatic carbocycles. The predicted molar refractivity (Wildman–Crippen MR) is 79.1 cm³/mol. The summed E-state index contributed by atoms with van der Waals surface area (Å²) in [7, 11) is 0. The number of carboxylic acids is 1. The van der Waals surface area contributed by atoms with Crippen molar-refractivity contribution in [1.82, 2.24) is 0 Å². The molecule has 0 radical (unpaired) electrons. The van der Waals surface area contributed by atoms with Gasteiger partial charge in [0.2, 0.25) is 0 Å². The van der Waals surface area contributed by atoms with Gasteiger partial charge in [0.15, 0.2) is 0 Å². The standard InChI is InChI=1S/C17H15FO3/c1-11-9-13(4-8-17(19)20)3-6-15(11)21-16-7-5-14(18)10-12(16)2/h3-10H,1-2H3,(H,19,20)/b8-4+. The lowest BCUT2D eigenvalue weighted by Crippen LogP contribution is -1.92. The maximum Gasteiger partial charge on any atom is 0.328 e. The fourth-order valence-corrected chi connectivity index (χ4v) is 1.90. The number of carboxylic acid groups (broad SMARTS) is 1. The third kappa shape index (κ3) is 3.92. The van der Waals surface area contributed by atoms with E-state index in [4.69, 9.17) is 9.84 Å². The van der Waals surface area contributed by atoms with Gasteiger partial charge in [-0.05, 0) is 66.9 Å². The number of hydrogen-bond donors (Lipinski definition) is 1. The van der Waals surface area contributed by atoms with Crippen molar-refractivity contribution in [1.29, 1.82) is 0 Å². The molecule has 0 atom stereocenters. The number of aliphatic carboxylic acids is 1. The molecule has 2 rings (SSSR count). The third-order valence-electron chi connectivity index (χ3n) is 2.97. The molecule has 21 heavy (non-hydrogen) atoms. The second kappa shape index (κ2) is 6.22. The van der Waals surface area contributed by atoms with E-state index >= 15 is 0 Å². The molecule has 0 bridgehead atoms. The Balaban J connectivity index is 2.23. The van der Waals surface area contributed by atoms with Gasteiger partial charge < -0.3 is 9.84 Å². The van der Waals surface area contributed by atoms with Crippen molar-refractivity contribution in [3.63, 3.8) is 0 Å². The molecule has 0 amide bonds. The lowest BCUT2D eigenvalue weighted by atomic mass is 10.1. The Kier molecular flexibility index (Phi) is 4.38. The summed E-state index contributed by atoms with van der Waals surface area (Å²) in [6.07, 6.45) is 2.60. The minimum Gasteiger partial charge on any atom is -0.478 e. The third-order valence-corrected chi connectivity index (χ3v) is 2.97. The van der Waals surface area contributed by atoms with E-state index in [1.165, 1.54) is 18.2 Å². The summed E-state index contributed by atoms with van der Waals surface area (Å²) in [4.78, 5) is 10.5. The zero-order valence-corrected chi connectivity index (χ0v) is 11.8. The van der Waals surface area contributed by atoms with Crippen molar-refractivity contribution in [2.45, 2.75) is 13.8 Å². The molecule has 1 N–H and O–H groups in total. The lowest BCUT2D eigenvalue weighted by molar-refractivity contribution is -0.131. The van der Waals surface area contributed by atoms with Gasteiger partial charge in [-0.2, -0.15) is 0 Å². The zero-order chi connectivity index (χ0) is 15.4. The van der Waals surface area contributed by atoms with Gasteiger partial charge in [-0.1, -0.05) is 6.07 Å². The van der Waals surface area contributed by atoms with Crippen molar-refractivity contribution in [2.24, 2.45) is 0 Å². The number of halogens is 1. The van der Waals surface area contributed by atoms with E-state index in [0.29, 0.717) is 17.1 Å². The van der Waals surface area contributed by atoms with Crippen LogP contribution in [0.5, 0.6) is 11.5 Å². The van der Waals surface area contributed by atoms with Crippen LogP contribution in [0.3, 0.4) is 0 Å². The highest BCUT2D eigenvalue weighted by molar-refractivity contribution is 5.85. The van der Waals surface area contributed by atoms with E-state index in [2.05, 4.69) is 0 Å². The van der Waals surface area contributed by atoms with Crippen LogP contribution in [-0.4, -0.2) is 11.1 Å². The van der Waals surface area contributed by atoms with Crippen LogP contribution in [0.1, 0.15) is 16.7 Å². The van der Waals surface area contributed by atoms with Crippen LogP contribution in [0.2, 0.25) is 0 Å². The van der Waals surface area contributed by atoms with Gasteiger partial charge in [0.25, 0.3) is 0 Å². The topological polar surface area (TPSA) is 46.5 Å². The van der Waals surface area contributed by atoms with Crippen LogP contribution in [0, 0.1) is 19.7 Å². The summed E-state index contributed by atoms with van der Waals surface area (Å²) in [5, 5.41) is 8.60. The Hall–Kier alpha value is -2.62. The molecule has 4 heteroatoms. The summed E-state index contributed by atoms with van der Waals surface area (Å²) in [5.41, 5.74) is 2.36. The lowest BCUT2D eigenvalue weighted by Gasteiger charge is -2.11. The fourth-order valence-electron chi connectivity index (χ4n) is 1.90. The molecule has 0 saturated carbocycles. The first-order chi connectivity index (χ1) is 9.95. The maximum atomic E-state index is 13.1. The molecule has 0 saturated heterocycles. The highest BCUT2D eigenvalue weighted by Gasteiger charge is 2.05. The first-order valence-electron chi connectivity index (χ1n) is 6.41. The second-order valence-corrected chi connectivity index (χ2v) is 4.71.